The van der Waals surface area contributed by atoms with Crippen molar-refractivity contribution >= 4 is 11.4 Å². The first kappa shape index (κ1) is 10.9. The van der Waals surface area contributed by atoms with Gasteiger partial charge < -0.3 is 10.2 Å². The van der Waals surface area contributed by atoms with Crippen molar-refractivity contribution < 1.29 is 4.79 Å². The van der Waals surface area contributed by atoms with Crippen LogP contribution in [0.25, 0.3) is 5.52 Å². The molecular weight excluding hydrogens is 242 g/mol. The fourth-order valence-electron chi connectivity index (χ4n) is 3.19. The summed E-state index contributed by atoms with van der Waals surface area (Å²) in [5.41, 5.74) is 1.43. The van der Waals surface area contributed by atoms with E-state index in [-0.39, 0.29) is 5.91 Å². The van der Waals surface area contributed by atoms with Crippen LogP contribution in [-0.4, -0.2) is 51.6 Å². The molecule has 0 unspecified atom stereocenters. The van der Waals surface area contributed by atoms with Crippen LogP contribution in [0, 0.1) is 11.8 Å². The van der Waals surface area contributed by atoms with Crippen LogP contribution in [0.2, 0.25) is 0 Å². The van der Waals surface area contributed by atoms with Crippen molar-refractivity contribution in [3.05, 3.63) is 30.4 Å². The van der Waals surface area contributed by atoms with Crippen LogP contribution in [0.3, 0.4) is 0 Å². The number of aromatic nitrogens is 3. The van der Waals surface area contributed by atoms with E-state index in [2.05, 4.69) is 15.4 Å². The quantitative estimate of drug-likeness (QED) is 0.782. The average molecular weight is 257 g/mol. The van der Waals surface area contributed by atoms with Crippen LogP contribution in [0.5, 0.6) is 0 Å². The zero-order chi connectivity index (χ0) is 12.8. The highest BCUT2D eigenvalue weighted by Gasteiger charge is 2.38. The van der Waals surface area contributed by atoms with Crippen molar-refractivity contribution in [3.63, 3.8) is 0 Å². The van der Waals surface area contributed by atoms with Crippen molar-refractivity contribution in [2.24, 2.45) is 11.8 Å². The number of likely N-dealkylation sites (tertiary alicyclic amines) is 1. The summed E-state index contributed by atoms with van der Waals surface area (Å²) >= 11 is 0. The van der Waals surface area contributed by atoms with Crippen molar-refractivity contribution in [1.29, 1.82) is 0 Å². The highest BCUT2D eigenvalue weighted by atomic mass is 16.2. The van der Waals surface area contributed by atoms with Crippen molar-refractivity contribution in [3.8, 4) is 0 Å². The largest absolute Gasteiger partial charge is 0.338 e. The Bertz CT molecular complexity index is 625. The highest BCUT2D eigenvalue weighted by Crippen LogP contribution is 2.27. The van der Waals surface area contributed by atoms with Gasteiger partial charge in [0.25, 0.3) is 5.91 Å². The van der Waals surface area contributed by atoms with Gasteiger partial charge in [-0.25, -0.2) is 4.52 Å². The summed E-state index contributed by atoms with van der Waals surface area (Å²) in [6, 6.07) is 0. The number of amides is 1. The second kappa shape index (κ2) is 4.03. The average Bonchev–Trinajstić information content (AvgIpc) is 3.11. The van der Waals surface area contributed by atoms with Gasteiger partial charge in [-0.05, 0) is 11.8 Å². The molecule has 2 aromatic heterocycles. The van der Waals surface area contributed by atoms with E-state index in [1.54, 1.807) is 29.3 Å². The molecule has 6 nitrogen and oxygen atoms in total. The maximum atomic E-state index is 12.6. The lowest BCUT2D eigenvalue weighted by molar-refractivity contribution is 0.0783. The maximum Gasteiger partial charge on any atom is 0.257 e. The fraction of sp³-hybridized carbons (Fsp3) is 0.462. The lowest BCUT2D eigenvalue weighted by Gasteiger charge is -2.16. The number of hydrogen-bond acceptors (Lipinski definition) is 4. The summed E-state index contributed by atoms with van der Waals surface area (Å²) in [5.74, 6) is 1.31. The molecule has 0 aliphatic carbocycles. The van der Waals surface area contributed by atoms with Crippen molar-refractivity contribution in [2.75, 3.05) is 26.2 Å². The molecular formula is C13H15N5O. The summed E-state index contributed by atoms with van der Waals surface area (Å²) in [6.07, 6.45) is 6.76. The van der Waals surface area contributed by atoms with Crippen LogP contribution < -0.4 is 5.32 Å². The van der Waals surface area contributed by atoms with E-state index in [0.29, 0.717) is 17.4 Å². The Balaban J connectivity index is 1.64. The SMILES string of the molecule is O=C(c1cnn2ccncc12)N1C[C@H]2CNC[C@H]2C1. The fourth-order valence-corrected chi connectivity index (χ4v) is 3.19. The molecule has 2 aliphatic rings. The molecule has 2 aliphatic heterocycles. The Hall–Kier alpha value is -1.95. The normalized spacial score (nSPS) is 26.0. The van der Waals surface area contributed by atoms with Crippen LogP contribution in [0.15, 0.2) is 24.8 Å². The lowest BCUT2D eigenvalue weighted by Crippen LogP contribution is -2.31. The molecule has 0 bridgehead atoms. The van der Waals surface area contributed by atoms with Gasteiger partial charge in [-0.2, -0.15) is 5.10 Å². The Labute approximate surface area is 110 Å². The first-order chi connectivity index (χ1) is 9.33. The molecule has 0 aromatic carbocycles. The number of carbonyl (C=O) groups is 1. The van der Waals surface area contributed by atoms with E-state index in [9.17, 15) is 4.79 Å². The predicted octanol–water partition coefficient (Wildman–Crippen LogP) is 0.0207. The summed E-state index contributed by atoms with van der Waals surface area (Å²) in [5, 5.41) is 7.58. The minimum atomic E-state index is 0.0809. The van der Waals surface area contributed by atoms with Crippen LogP contribution in [0.4, 0.5) is 0 Å². The standard InChI is InChI=1S/C13H15N5O/c19-13(17-7-9-3-15-4-10(9)8-17)11-5-16-18-2-1-14-6-12(11)18/h1-2,5-6,9-10,15H,3-4,7-8H2/t9-,10+. The van der Waals surface area contributed by atoms with Gasteiger partial charge >= 0.3 is 0 Å². The molecule has 4 rings (SSSR count). The minimum Gasteiger partial charge on any atom is -0.338 e. The first-order valence-corrected chi connectivity index (χ1v) is 6.60. The Morgan fingerprint density at radius 2 is 2.05 bits per heavy atom. The molecule has 1 N–H and O–H groups in total. The molecule has 98 valence electrons. The Morgan fingerprint density at radius 3 is 2.84 bits per heavy atom. The van der Waals surface area contributed by atoms with E-state index < -0.39 is 0 Å². The summed E-state index contributed by atoms with van der Waals surface area (Å²) in [6.45, 7) is 3.78. The molecule has 2 atom stereocenters. The third-order valence-electron chi connectivity index (χ3n) is 4.23. The van der Waals surface area contributed by atoms with E-state index >= 15 is 0 Å². The van der Waals surface area contributed by atoms with Gasteiger partial charge in [-0.1, -0.05) is 0 Å². The molecule has 2 saturated heterocycles. The first-order valence-electron chi connectivity index (χ1n) is 6.60. The number of nitrogens with zero attached hydrogens (tertiary/aromatic N) is 4. The number of rotatable bonds is 1. The minimum absolute atomic E-state index is 0.0809. The van der Waals surface area contributed by atoms with Gasteiger partial charge in [-0.3, -0.25) is 9.78 Å². The molecule has 0 radical (unpaired) electrons. The molecule has 0 spiro atoms. The van der Waals surface area contributed by atoms with Gasteiger partial charge in [0.1, 0.15) is 0 Å². The summed E-state index contributed by atoms with van der Waals surface area (Å²) in [7, 11) is 0. The molecule has 2 fully saturated rings. The summed E-state index contributed by atoms with van der Waals surface area (Å²) < 4.78 is 1.69. The van der Waals surface area contributed by atoms with Gasteiger partial charge in [-0.15, -0.1) is 0 Å². The molecule has 4 heterocycles. The van der Waals surface area contributed by atoms with Crippen molar-refractivity contribution in [1.82, 2.24) is 24.8 Å². The van der Waals surface area contributed by atoms with Crippen LogP contribution >= 0.6 is 0 Å². The van der Waals surface area contributed by atoms with Gasteiger partial charge in [0, 0.05) is 38.6 Å². The molecule has 2 aromatic rings. The third-order valence-corrected chi connectivity index (χ3v) is 4.23. The Kier molecular flexibility index (Phi) is 2.32. The highest BCUT2D eigenvalue weighted by molar-refractivity contribution is 6.00. The monoisotopic (exact) mass is 257 g/mol. The van der Waals surface area contributed by atoms with E-state index in [1.165, 1.54) is 0 Å². The topological polar surface area (TPSA) is 62.5 Å². The van der Waals surface area contributed by atoms with Crippen LogP contribution in [-0.2, 0) is 0 Å². The molecule has 0 saturated carbocycles. The second-order valence-electron chi connectivity index (χ2n) is 5.35. The van der Waals surface area contributed by atoms with Gasteiger partial charge in [0.15, 0.2) is 0 Å². The number of fused-ring (bicyclic) bond motifs is 2. The zero-order valence-electron chi connectivity index (χ0n) is 10.5. The number of carbonyl (C=O) groups excluding carboxylic acids is 1. The van der Waals surface area contributed by atoms with Gasteiger partial charge in [0.05, 0.1) is 23.5 Å². The third kappa shape index (κ3) is 1.63. The number of nitrogens with one attached hydrogen (secondary N) is 1. The molecule has 6 heteroatoms. The van der Waals surface area contributed by atoms with E-state index in [4.69, 9.17) is 0 Å². The molecule has 19 heavy (non-hydrogen) atoms. The molecule has 1 amide bonds. The van der Waals surface area contributed by atoms with Gasteiger partial charge in [0.2, 0.25) is 0 Å². The smallest absolute Gasteiger partial charge is 0.257 e. The predicted molar refractivity (Wildman–Crippen MR) is 68.7 cm³/mol. The van der Waals surface area contributed by atoms with E-state index in [1.807, 2.05) is 4.90 Å². The number of hydrogen-bond donors (Lipinski definition) is 1. The van der Waals surface area contributed by atoms with Crippen molar-refractivity contribution in [2.45, 2.75) is 0 Å². The second-order valence-corrected chi connectivity index (χ2v) is 5.35. The Morgan fingerprint density at radius 1 is 1.26 bits per heavy atom. The zero-order valence-corrected chi connectivity index (χ0v) is 10.5. The maximum absolute atomic E-state index is 12.6. The lowest BCUT2D eigenvalue weighted by atomic mass is 10.0. The summed E-state index contributed by atoms with van der Waals surface area (Å²) in [4.78, 5) is 18.6. The van der Waals surface area contributed by atoms with Crippen LogP contribution in [0.1, 0.15) is 10.4 Å². The van der Waals surface area contributed by atoms with E-state index in [0.717, 1.165) is 31.7 Å².